The molecule has 0 saturated carbocycles. The molecular formula is C11H15N3O2S2. The van der Waals surface area contributed by atoms with Crippen molar-refractivity contribution in [1.29, 1.82) is 0 Å². The summed E-state index contributed by atoms with van der Waals surface area (Å²) in [6.45, 7) is 6.09. The first-order valence-electron chi connectivity index (χ1n) is 5.68. The van der Waals surface area contributed by atoms with Gasteiger partial charge in [0.15, 0.2) is 5.13 Å². The Labute approximate surface area is 113 Å². The van der Waals surface area contributed by atoms with Gasteiger partial charge in [-0.05, 0) is 19.9 Å². The number of hydrogen-bond acceptors (Lipinski definition) is 6. The van der Waals surface area contributed by atoms with E-state index in [1.54, 1.807) is 11.3 Å². The molecule has 0 aliphatic heterocycles. The van der Waals surface area contributed by atoms with Gasteiger partial charge in [-0.2, -0.15) is 0 Å². The van der Waals surface area contributed by atoms with Gasteiger partial charge in [0, 0.05) is 13.1 Å². The highest BCUT2D eigenvalue weighted by molar-refractivity contribution is 7.29. The number of thiazole rings is 1. The number of carbonyl (C=O) groups excluding carboxylic acids is 1. The van der Waals surface area contributed by atoms with Crippen LogP contribution in [0.15, 0.2) is 6.07 Å². The van der Waals surface area contributed by atoms with Crippen molar-refractivity contribution in [2.45, 2.75) is 13.8 Å². The van der Waals surface area contributed by atoms with Crippen LogP contribution in [0.1, 0.15) is 23.5 Å². The number of fused-ring (bicyclic) bond motifs is 1. The maximum atomic E-state index is 11.6. The molecule has 0 atom stereocenters. The molecule has 0 aromatic carbocycles. The predicted octanol–water partition coefficient (Wildman–Crippen LogP) is 2.50. The maximum Gasteiger partial charge on any atom is 0.285 e. The Morgan fingerprint density at radius 3 is 2.72 bits per heavy atom. The summed E-state index contributed by atoms with van der Waals surface area (Å²) in [6, 6.07) is 1.86. The first-order valence-corrected chi connectivity index (χ1v) is 7.31. The molecule has 0 unspecified atom stereocenters. The first-order chi connectivity index (χ1) is 8.69. The number of nitrogens with one attached hydrogen (secondary N) is 1. The fourth-order valence-corrected chi connectivity index (χ4v) is 3.83. The van der Waals surface area contributed by atoms with E-state index in [-0.39, 0.29) is 5.91 Å². The van der Waals surface area contributed by atoms with Gasteiger partial charge in [0.05, 0.1) is 16.7 Å². The second kappa shape index (κ2) is 5.64. The third kappa shape index (κ3) is 2.47. The second-order valence-electron chi connectivity index (χ2n) is 3.58. The molecule has 2 heterocycles. The fraction of sp³-hybridized carbons (Fsp3) is 0.455. The van der Waals surface area contributed by atoms with E-state index in [0.717, 1.165) is 27.8 Å². The highest BCUT2D eigenvalue weighted by Crippen LogP contribution is 2.34. The Morgan fingerprint density at radius 1 is 1.44 bits per heavy atom. The number of carbonyl (C=O) groups is 1. The normalized spacial score (nSPS) is 10.8. The topological polar surface area (TPSA) is 54.5 Å². The van der Waals surface area contributed by atoms with Crippen molar-refractivity contribution in [3.05, 3.63) is 10.9 Å². The number of rotatable bonds is 5. The zero-order valence-corrected chi connectivity index (χ0v) is 12.2. The molecule has 7 heteroatoms. The molecule has 98 valence electrons. The van der Waals surface area contributed by atoms with Gasteiger partial charge in [-0.1, -0.05) is 11.3 Å². The largest absolute Gasteiger partial charge is 0.349 e. The van der Waals surface area contributed by atoms with Crippen molar-refractivity contribution in [3.8, 4) is 0 Å². The monoisotopic (exact) mass is 285 g/mol. The van der Waals surface area contributed by atoms with E-state index in [1.165, 1.54) is 18.4 Å². The third-order valence-electron chi connectivity index (χ3n) is 2.53. The zero-order valence-electron chi connectivity index (χ0n) is 10.5. The molecule has 0 aliphatic carbocycles. The van der Waals surface area contributed by atoms with E-state index in [4.69, 9.17) is 0 Å². The second-order valence-corrected chi connectivity index (χ2v) is 5.62. The summed E-state index contributed by atoms with van der Waals surface area (Å²) in [7, 11) is 1.42. The number of thiophene rings is 1. The Bertz CT molecular complexity index is 514. The minimum atomic E-state index is -0.225. The summed E-state index contributed by atoms with van der Waals surface area (Å²) < 4.78 is 1.04. The number of anilines is 1. The molecule has 2 rings (SSSR count). The molecule has 0 fully saturated rings. The van der Waals surface area contributed by atoms with Crippen molar-refractivity contribution in [1.82, 2.24) is 10.5 Å². The maximum absolute atomic E-state index is 11.6. The van der Waals surface area contributed by atoms with Crippen molar-refractivity contribution in [3.63, 3.8) is 0 Å². The summed E-state index contributed by atoms with van der Waals surface area (Å²) in [5.41, 5.74) is 2.31. The van der Waals surface area contributed by atoms with Gasteiger partial charge in [-0.25, -0.2) is 10.5 Å². The van der Waals surface area contributed by atoms with Gasteiger partial charge in [0.2, 0.25) is 0 Å². The quantitative estimate of drug-likeness (QED) is 0.858. The van der Waals surface area contributed by atoms with Crippen LogP contribution in [-0.4, -0.2) is 31.1 Å². The molecule has 0 spiro atoms. The van der Waals surface area contributed by atoms with Gasteiger partial charge in [0.25, 0.3) is 5.91 Å². The Kier molecular flexibility index (Phi) is 4.15. The molecule has 1 N–H and O–H groups in total. The summed E-state index contributed by atoms with van der Waals surface area (Å²) in [5.74, 6) is -0.225. The van der Waals surface area contributed by atoms with E-state index in [9.17, 15) is 4.79 Å². The summed E-state index contributed by atoms with van der Waals surface area (Å²) in [6.07, 6.45) is 0. The van der Waals surface area contributed by atoms with E-state index in [1.807, 2.05) is 6.07 Å². The van der Waals surface area contributed by atoms with Crippen LogP contribution in [0.4, 0.5) is 5.13 Å². The van der Waals surface area contributed by atoms with Crippen LogP contribution in [0.5, 0.6) is 0 Å². The Hall–Kier alpha value is -1.18. The van der Waals surface area contributed by atoms with Gasteiger partial charge in [0.1, 0.15) is 4.83 Å². The van der Waals surface area contributed by atoms with Crippen LogP contribution in [0, 0.1) is 0 Å². The van der Waals surface area contributed by atoms with Gasteiger partial charge in [-0.15, -0.1) is 11.3 Å². The van der Waals surface area contributed by atoms with Crippen LogP contribution in [-0.2, 0) is 4.84 Å². The molecule has 0 saturated heterocycles. The molecule has 2 aromatic rings. The highest BCUT2D eigenvalue weighted by Gasteiger charge is 2.15. The SMILES string of the molecule is CCN(CC)c1nc2sc(C(=O)NOC)cc2s1. The average molecular weight is 285 g/mol. The van der Waals surface area contributed by atoms with Crippen LogP contribution < -0.4 is 10.4 Å². The van der Waals surface area contributed by atoms with Crippen molar-refractivity contribution < 1.29 is 9.63 Å². The van der Waals surface area contributed by atoms with E-state index in [2.05, 4.69) is 34.0 Å². The minimum Gasteiger partial charge on any atom is -0.349 e. The number of hydroxylamine groups is 1. The van der Waals surface area contributed by atoms with Crippen LogP contribution >= 0.6 is 22.7 Å². The Morgan fingerprint density at radius 2 is 2.17 bits per heavy atom. The van der Waals surface area contributed by atoms with E-state index in [0.29, 0.717) is 4.88 Å². The smallest absolute Gasteiger partial charge is 0.285 e. The van der Waals surface area contributed by atoms with Gasteiger partial charge < -0.3 is 4.90 Å². The standard InChI is InChI=1S/C11H15N3O2S2/c1-4-14(5-2)11-12-10-8(18-11)6-7(17-10)9(15)13-16-3/h6H,4-5H2,1-3H3,(H,13,15). The third-order valence-corrected chi connectivity index (χ3v) is 4.75. The van der Waals surface area contributed by atoms with Crippen LogP contribution in [0.25, 0.3) is 9.53 Å². The summed E-state index contributed by atoms with van der Waals surface area (Å²) in [5, 5.41) is 1.01. The lowest BCUT2D eigenvalue weighted by atomic mass is 10.4. The lowest BCUT2D eigenvalue weighted by Gasteiger charge is -2.16. The summed E-state index contributed by atoms with van der Waals surface area (Å²) >= 11 is 3.00. The molecule has 0 bridgehead atoms. The predicted molar refractivity (Wildman–Crippen MR) is 75.5 cm³/mol. The Balaban J connectivity index is 2.27. The highest BCUT2D eigenvalue weighted by atomic mass is 32.1. The van der Waals surface area contributed by atoms with Gasteiger partial charge in [-0.3, -0.25) is 9.63 Å². The van der Waals surface area contributed by atoms with Crippen LogP contribution in [0.2, 0.25) is 0 Å². The number of nitrogens with zero attached hydrogens (tertiary/aromatic N) is 2. The molecular weight excluding hydrogens is 270 g/mol. The van der Waals surface area contributed by atoms with Crippen molar-refractivity contribution in [2.24, 2.45) is 0 Å². The van der Waals surface area contributed by atoms with E-state index >= 15 is 0 Å². The molecule has 0 aliphatic rings. The first kappa shape index (κ1) is 13.3. The molecule has 5 nitrogen and oxygen atoms in total. The zero-order chi connectivity index (χ0) is 13.1. The number of aromatic nitrogens is 1. The number of hydrogen-bond donors (Lipinski definition) is 1. The van der Waals surface area contributed by atoms with E-state index < -0.39 is 0 Å². The molecule has 18 heavy (non-hydrogen) atoms. The van der Waals surface area contributed by atoms with Crippen molar-refractivity contribution in [2.75, 3.05) is 25.1 Å². The number of amides is 1. The molecule has 1 amide bonds. The molecule has 0 radical (unpaired) electrons. The van der Waals surface area contributed by atoms with Gasteiger partial charge >= 0.3 is 0 Å². The summed E-state index contributed by atoms with van der Waals surface area (Å²) in [4.78, 5) is 24.5. The minimum absolute atomic E-state index is 0.225. The lowest BCUT2D eigenvalue weighted by molar-refractivity contribution is 0.0542. The molecule has 2 aromatic heterocycles. The fourth-order valence-electron chi connectivity index (χ4n) is 1.61. The lowest BCUT2D eigenvalue weighted by Crippen LogP contribution is -2.21. The average Bonchev–Trinajstić information content (AvgIpc) is 2.89. The van der Waals surface area contributed by atoms with Crippen molar-refractivity contribution >= 4 is 43.2 Å². The van der Waals surface area contributed by atoms with Crippen LogP contribution in [0.3, 0.4) is 0 Å².